The summed E-state index contributed by atoms with van der Waals surface area (Å²) in [5.74, 6) is -0.535. The molecule has 0 N–H and O–H groups in total. The summed E-state index contributed by atoms with van der Waals surface area (Å²) in [6, 6.07) is 7.67. The van der Waals surface area contributed by atoms with Crippen LogP contribution in [0.2, 0.25) is 5.15 Å². The molecule has 1 atom stereocenters. The molecule has 24 heavy (non-hydrogen) atoms. The summed E-state index contributed by atoms with van der Waals surface area (Å²) >= 11 is 5.96. The number of rotatable bonds is 4. The van der Waals surface area contributed by atoms with E-state index in [0.717, 1.165) is 17.7 Å². The number of hydrogen-bond acceptors (Lipinski definition) is 2. The Balaban J connectivity index is 2.03. The van der Waals surface area contributed by atoms with Crippen LogP contribution in [0.25, 0.3) is 10.9 Å². The Labute approximate surface area is 142 Å². The first-order valence-electron chi connectivity index (χ1n) is 7.69. The maximum atomic E-state index is 13.0. The minimum Gasteiger partial charge on any atom is -0.327 e. The second kappa shape index (κ2) is 6.24. The number of fused-ring (bicyclic) bond motifs is 1. The van der Waals surface area contributed by atoms with Crippen molar-refractivity contribution in [1.29, 1.82) is 0 Å². The Morgan fingerprint density at radius 3 is 2.67 bits per heavy atom. The van der Waals surface area contributed by atoms with Crippen LogP contribution in [-0.4, -0.2) is 34.6 Å². The van der Waals surface area contributed by atoms with Gasteiger partial charge in [0.25, 0.3) is 5.91 Å². The molecule has 0 unspecified atom stereocenters. The van der Waals surface area contributed by atoms with E-state index in [9.17, 15) is 18.0 Å². The van der Waals surface area contributed by atoms with Crippen LogP contribution >= 0.6 is 11.6 Å². The first kappa shape index (κ1) is 17.0. The van der Waals surface area contributed by atoms with E-state index in [4.69, 9.17) is 11.6 Å². The summed E-state index contributed by atoms with van der Waals surface area (Å²) in [7, 11) is 0. The molecule has 1 amide bonds. The van der Waals surface area contributed by atoms with Crippen molar-refractivity contribution in [2.75, 3.05) is 6.54 Å². The van der Waals surface area contributed by atoms with Gasteiger partial charge in [-0.05, 0) is 37.8 Å². The first-order valence-corrected chi connectivity index (χ1v) is 8.07. The Hall–Kier alpha value is -1.82. The second-order valence-electron chi connectivity index (χ2n) is 6.14. The van der Waals surface area contributed by atoms with E-state index in [0.29, 0.717) is 10.9 Å². The lowest BCUT2D eigenvalue weighted by molar-refractivity contribution is -0.144. The minimum absolute atomic E-state index is 0.0862. The van der Waals surface area contributed by atoms with Gasteiger partial charge in [0.15, 0.2) is 0 Å². The molecule has 1 aliphatic carbocycles. The zero-order valence-electron chi connectivity index (χ0n) is 13.0. The Morgan fingerprint density at radius 2 is 2.04 bits per heavy atom. The number of para-hydroxylation sites is 1. The van der Waals surface area contributed by atoms with Crippen molar-refractivity contribution in [2.45, 2.75) is 32.0 Å². The number of pyridine rings is 1. The number of halogens is 4. The average Bonchev–Trinajstić information content (AvgIpc) is 3.34. The van der Waals surface area contributed by atoms with Gasteiger partial charge >= 0.3 is 6.18 Å². The quantitative estimate of drug-likeness (QED) is 0.744. The van der Waals surface area contributed by atoms with Crippen LogP contribution in [0.15, 0.2) is 30.3 Å². The fourth-order valence-corrected chi connectivity index (χ4v) is 3.10. The van der Waals surface area contributed by atoms with E-state index in [2.05, 4.69) is 4.98 Å². The van der Waals surface area contributed by atoms with Gasteiger partial charge in [0, 0.05) is 11.4 Å². The molecule has 1 aromatic heterocycles. The summed E-state index contributed by atoms with van der Waals surface area (Å²) in [4.78, 5) is 17.9. The van der Waals surface area contributed by atoms with Crippen molar-refractivity contribution >= 4 is 28.4 Å². The van der Waals surface area contributed by atoms with Crippen molar-refractivity contribution < 1.29 is 18.0 Å². The summed E-state index contributed by atoms with van der Waals surface area (Å²) < 4.78 is 39.0. The van der Waals surface area contributed by atoms with Gasteiger partial charge in [-0.2, -0.15) is 13.2 Å². The van der Waals surface area contributed by atoms with Crippen LogP contribution in [0.4, 0.5) is 13.2 Å². The molecule has 1 heterocycles. The van der Waals surface area contributed by atoms with Gasteiger partial charge in [-0.1, -0.05) is 29.8 Å². The third-order valence-electron chi connectivity index (χ3n) is 4.32. The number of carbonyl (C=O) groups excluding carboxylic acids is 1. The highest BCUT2D eigenvalue weighted by Gasteiger charge is 2.41. The first-order chi connectivity index (χ1) is 11.3. The molecule has 0 radical (unpaired) electrons. The van der Waals surface area contributed by atoms with Gasteiger partial charge < -0.3 is 4.90 Å². The number of hydrogen-bond donors (Lipinski definition) is 0. The number of benzene rings is 1. The molecular formula is C17H16ClF3N2O. The number of carbonyl (C=O) groups is 1. The van der Waals surface area contributed by atoms with Gasteiger partial charge in [-0.15, -0.1) is 0 Å². The highest BCUT2D eigenvalue weighted by Crippen LogP contribution is 2.37. The largest absolute Gasteiger partial charge is 0.406 e. The molecule has 0 aliphatic heterocycles. The van der Waals surface area contributed by atoms with Crippen molar-refractivity contribution in [3.8, 4) is 0 Å². The summed E-state index contributed by atoms with van der Waals surface area (Å²) in [5, 5.41) is 0.588. The second-order valence-corrected chi connectivity index (χ2v) is 6.52. The van der Waals surface area contributed by atoms with Crippen LogP contribution in [-0.2, 0) is 0 Å². The van der Waals surface area contributed by atoms with E-state index in [-0.39, 0.29) is 16.6 Å². The maximum Gasteiger partial charge on any atom is 0.406 e. The number of aromatic nitrogens is 1. The number of alkyl halides is 3. The van der Waals surface area contributed by atoms with Crippen molar-refractivity contribution in [2.24, 2.45) is 5.92 Å². The topological polar surface area (TPSA) is 33.2 Å². The van der Waals surface area contributed by atoms with Crippen LogP contribution in [0.5, 0.6) is 0 Å². The Bertz CT molecular complexity index is 774. The van der Waals surface area contributed by atoms with Gasteiger partial charge in [-0.25, -0.2) is 4.98 Å². The van der Waals surface area contributed by atoms with Crippen LogP contribution in [0.1, 0.15) is 30.1 Å². The average molecular weight is 357 g/mol. The number of nitrogens with zero attached hydrogens (tertiary/aromatic N) is 2. The fourth-order valence-electron chi connectivity index (χ4n) is 2.90. The van der Waals surface area contributed by atoms with Crippen LogP contribution in [0, 0.1) is 5.92 Å². The molecule has 1 aliphatic rings. The van der Waals surface area contributed by atoms with E-state index >= 15 is 0 Å². The highest BCUT2D eigenvalue weighted by molar-refractivity contribution is 6.30. The molecule has 128 valence electrons. The monoisotopic (exact) mass is 356 g/mol. The minimum atomic E-state index is -4.45. The predicted molar refractivity (Wildman–Crippen MR) is 86.0 cm³/mol. The zero-order valence-corrected chi connectivity index (χ0v) is 13.7. The lowest BCUT2D eigenvalue weighted by atomic mass is 10.1. The van der Waals surface area contributed by atoms with Gasteiger partial charge in [0.05, 0.1) is 11.1 Å². The third kappa shape index (κ3) is 3.64. The van der Waals surface area contributed by atoms with Crippen molar-refractivity contribution in [3.05, 3.63) is 41.0 Å². The predicted octanol–water partition coefficient (Wildman–Crippen LogP) is 4.69. The normalized spacial score (nSPS) is 16.2. The van der Waals surface area contributed by atoms with E-state index < -0.39 is 24.7 Å². The molecule has 1 aromatic carbocycles. The molecule has 2 aromatic rings. The van der Waals surface area contributed by atoms with Crippen molar-refractivity contribution in [3.63, 3.8) is 0 Å². The molecule has 3 rings (SSSR count). The summed E-state index contributed by atoms with van der Waals surface area (Å²) in [5.41, 5.74) is 0.640. The van der Waals surface area contributed by atoms with E-state index in [1.807, 2.05) is 0 Å². The molecule has 3 nitrogen and oxygen atoms in total. The highest BCUT2D eigenvalue weighted by atomic mass is 35.5. The van der Waals surface area contributed by atoms with Gasteiger partial charge in [0.2, 0.25) is 0 Å². The van der Waals surface area contributed by atoms with Crippen LogP contribution in [0.3, 0.4) is 0 Å². The molecular weight excluding hydrogens is 341 g/mol. The SMILES string of the molecule is C[C@@H](C1CC1)N(CC(F)(F)F)C(=O)c1cc(Cl)nc2ccccc12. The number of amides is 1. The van der Waals surface area contributed by atoms with Crippen molar-refractivity contribution in [1.82, 2.24) is 9.88 Å². The zero-order chi connectivity index (χ0) is 17.5. The molecule has 0 spiro atoms. The standard InChI is InChI=1S/C17H16ClF3N2O/c1-10(11-6-7-11)23(9-17(19,20)21)16(24)13-8-15(18)22-14-5-3-2-4-12(13)14/h2-5,8,10-11H,6-7,9H2,1H3/t10-/m0/s1. The summed E-state index contributed by atoms with van der Waals surface area (Å²) in [6.45, 7) is 0.407. The van der Waals surface area contributed by atoms with Gasteiger partial charge in [-0.3, -0.25) is 4.79 Å². The molecule has 7 heteroatoms. The van der Waals surface area contributed by atoms with Crippen LogP contribution < -0.4 is 0 Å². The molecule has 1 fully saturated rings. The maximum absolute atomic E-state index is 13.0. The third-order valence-corrected chi connectivity index (χ3v) is 4.52. The smallest absolute Gasteiger partial charge is 0.327 e. The lowest BCUT2D eigenvalue weighted by Gasteiger charge is -2.30. The lowest BCUT2D eigenvalue weighted by Crippen LogP contribution is -2.45. The fraction of sp³-hybridized carbons (Fsp3) is 0.412. The molecule has 0 bridgehead atoms. The molecule has 0 saturated heterocycles. The van der Waals surface area contributed by atoms with Gasteiger partial charge in [0.1, 0.15) is 11.7 Å². The Kier molecular flexibility index (Phi) is 4.42. The van der Waals surface area contributed by atoms with E-state index in [1.54, 1.807) is 31.2 Å². The van der Waals surface area contributed by atoms with E-state index in [1.165, 1.54) is 6.07 Å². The summed E-state index contributed by atoms with van der Waals surface area (Å²) in [6.07, 6.45) is -2.76. The Morgan fingerprint density at radius 1 is 1.38 bits per heavy atom. The molecule has 1 saturated carbocycles.